The van der Waals surface area contributed by atoms with Gasteiger partial charge in [0.2, 0.25) is 0 Å². The molecular formula is C14H10O2. The van der Waals surface area contributed by atoms with Gasteiger partial charge >= 0.3 is 0 Å². The monoisotopic (exact) mass is 210 g/mol. The van der Waals surface area contributed by atoms with Crippen LogP contribution in [0.15, 0.2) is 48.5 Å². The van der Waals surface area contributed by atoms with Gasteiger partial charge in [-0.25, -0.2) is 0 Å². The number of aromatic hydroxyl groups is 2. The minimum absolute atomic E-state index is 0.0469. The molecule has 2 nitrogen and oxygen atoms in total. The lowest BCUT2D eigenvalue weighted by Gasteiger charge is -2.06. The fraction of sp³-hybridized carbons (Fsp3) is 0. The van der Waals surface area contributed by atoms with Crippen LogP contribution in [0.3, 0.4) is 0 Å². The second-order valence-corrected chi connectivity index (χ2v) is 3.82. The van der Waals surface area contributed by atoms with Gasteiger partial charge in [0.05, 0.1) is 0 Å². The molecule has 16 heavy (non-hydrogen) atoms. The summed E-state index contributed by atoms with van der Waals surface area (Å²) in [5, 5.41) is 23.1. The van der Waals surface area contributed by atoms with E-state index in [0.717, 1.165) is 16.2 Å². The Balaban J connectivity index is 2.63. The average molecular weight is 210 g/mol. The predicted molar refractivity (Wildman–Crippen MR) is 64.8 cm³/mol. The third kappa shape index (κ3) is 1.13. The highest BCUT2D eigenvalue weighted by molar-refractivity contribution is 6.11. The van der Waals surface area contributed by atoms with Crippen LogP contribution >= 0.6 is 0 Å². The molecule has 0 aliphatic carbocycles. The van der Waals surface area contributed by atoms with Gasteiger partial charge in [0, 0.05) is 5.39 Å². The summed E-state index contributed by atoms with van der Waals surface area (Å²) < 4.78 is 0. The van der Waals surface area contributed by atoms with E-state index in [1.165, 1.54) is 6.07 Å². The summed E-state index contributed by atoms with van der Waals surface area (Å²) in [6.45, 7) is 0. The van der Waals surface area contributed by atoms with E-state index in [-0.39, 0.29) is 11.5 Å². The third-order valence-corrected chi connectivity index (χ3v) is 2.86. The highest BCUT2D eigenvalue weighted by atomic mass is 16.3. The summed E-state index contributed by atoms with van der Waals surface area (Å²) in [6.07, 6.45) is 0. The highest BCUT2D eigenvalue weighted by Crippen LogP contribution is 2.37. The van der Waals surface area contributed by atoms with Crippen LogP contribution < -0.4 is 0 Å². The van der Waals surface area contributed by atoms with Gasteiger partial charge in [0.1, 0.15) is 0 Å². The molecule has 0 radical (unpaired) electrons. The maximum atomic E-state index is 9.91. The average Bonchev–Trinajstić information content (AvgIpc) is 2.33. The highest BCUT2D eigenvalue weighted by Gasteiger charge is 2.08. The van der Waals surface area contributed by atoms with Crippen molar-refractivity contribution in [2.45, 2.75) is 0 Å². The molecular weight excluding hydrogens is 200 g/mol. The molecule has 0 aliphatic heterocycles. The minimum Gasteiger partial charge on any atom is -0.504 e. The molecule has 3 aromatic carbocycles. The molecule has 3 rings (SSSR count). The Bertz CT molecular complexity index is 687. The van der Waals surface area contributed by atoms with Crippen molar-refractivity contribution in [3.05, 3.63) is 48.5 Å². The van der Waals surface area contributed by atoms with Crippen molar-refractivity contribution in [2.24, 2.45) is 0 Å². The van der Waals surface area contributed by atoms with Gasteiger partial charge in [-0.15, -0.1) is 0 Å². The number of rotatable bonds is 0. The van der Waals surface area contributed by atoms with Crippen LogP contribution in [0.25, 0.3) is 21.5 Å². The van der Waals surface area contributed by atoms with Crippen LogP contribution in [0.1, 0.15) is 0 Å². The van der Waals surface area contributed by atoms with Crippen molar-refractivity contribution in [3.8, 4) is 11.5 Å². The van der Waals surface area contributed by atoms with E-state index in [4.69, 9.17) is 0 Å². The molecule has 0 bridgehead atoms. The largest absolute Gasteiger partial charge is 0.504 e. The van der Waals surface area contributed by atoms with E-state index in [0.29, 0.717) is 5.39 Å². The van der Waals surface area contributed by atoms with E-state index in [9.17, 15) is 10.2 Å². The second kappa shape index (κ2) is 3.14. The Kier molecular flexibility index (Phi) is 1.77. The SMILES string of the molecule is Oc1ccc2ccc3ccccc3c2c1O. The molecule has 0 atom stereocenters. The quantitative estimate of drug-likeness (QED) is 0.441. The van der Waals surface area contributed by atoms with E-state index in [1.807, 2.05) is 36.4 Å². The minimum atomic E-state index is -0.0798. The summed E-state index contributed by atoms with van der Waals surface area (Å²) in [5.74, 6) is -0.127. The number of phenolic OH excluding ortho intramolecular Hbond substituents is 2. The Morgan fingerprint density at radius 3 is 2.25 bits per heavy atom. The molecule has 2 N–H and O–H groups in total. The summed E-state index contributed by atoms with van der Waals surface area (Å²) in [6, 6.07) is 15.1. The maximum Gasteiger partial charge on any atom is 0.166 e. The Labute approximate surface area is 92.4 Å². The maximum absolute atomic E-state index is 9.91. The fourth-order valence-electron chi connectivity index (χ4n) is 2.07. The zero-order valence-electron chi connectivity index (χ0n) is 8.51. The molecule has 0 amide bonds. The first-order chi connectivity index (χ1) is 7.77. The molecule has 0 saturated heterocycles. The normalized spacial score (nSPS) is 11.0. The van der Waals surface area contributed by atoms with E-state index >= 15 is 0 Å². The predicted octanol–water partition coefficient (Wildman–Crippen LogP) is 3.40. The fourth-order valence-corrected chi connectivity index (χ4v) is 2.07. The van der Waals surface area contributed by atoms with Crippen LogP contribution in [0.5, 0.6) is 11.5 Å². The lowest BCUT2D eigenvalue weighted by Crippen LogP contribution is -1.79. The van der Waals surface area contributed by atoms with E-state index < -0.39 is 0 Å². The van der Waals surface area contributed by atoms with Crippen molar-refractivity contribution in [2.75, 3.05) is 0 Å². The summed E-state index contributed by atoms with van der Waals surface area (Å²) in [7, 11) is 0. The Morgan fingerprint density at radius 1 is 0.688 bits per heavy atom. The molecule has 0 fully saturated rings. The Hall–Kier alpha value is -2.22. The number of fused-ring (bicyclic) bond motifs is 3. The van der Waals surface area contributed by atoms with E-state index in [2.05, 4.69) is 0 Å². The van der Waals surface area contributed by atoms with Gasteiger partial charge < -0.3 is 10.2 Å². The standard InChI is InChI=1S/C14H10O2/c15-12-8-7-10-6-5-9-3-1-2-4-11(9)13(10)14(12)16/h1-8,15-16H. The second-order valence-electron chi connectivity index (χ2n) is 3.82. The smallest absolute Gasteiger partial charge is 0.166 e. The van der Waals surface area contributed by atoms with Gasteiger partial charge in [0.15, 0.2) is 11.5 Å². The van der Waals surface area contributed by atoms with Crippen LogP contribution in [0.2, 0.25) is 0 Å². The van der Waals surface area contributed by atoms with Crippen LogP contribution in [-0.2, 0) is 0 Å². The molecule has 2 heteroatoms. The van der Waals surface area contributed by atoms with Crippen LogP contribution in [0, 0.1) is 0 Å². The number of hydrogen-bond acceptors (Lipinski definition) is 2. The summed E-state index contributed by atoms with van der Waals surface area (Å²) in [5.41, 5.74) is 0. The van der Waals surface area contributed by atoms with Gasteiger partial charge in [-0.2, -0.15) is 0 Å². The lowest BCUT2D eigenvalue weighted by atomic mass is 10.0. The number of benzene rings is 3. The third-order valence-electron chi connectivity index (χ3n) is 2.86. The number of phenols is 2. The van der Waals surface area contributed by atoms with Crippen molar-refractivity contribution >= 4 is 21.5 Å². The molecule has 3 aromatic rings. The topological polar surface area (TPSA) is 40.5 Å². The van der Waals surface area contributed by atoms with Crippen molar-refractivity contribution in [1.82, 2.24) is 0 Å². The van der Waals surface area contributed by atoms with Gasteiger partial charge in [0.25, 0.3) is 0 Å². The van der Waals surface area contributed by atoms with Crippen molar-refractivity contribution in [3.63, 3.8) is 0 Å². The molecule has 0 saturated carbocycles. The Morgan fingerprint density at radius 2 is 1.38 bits per heavy atom. The first-order valence-electron chi connectivity index (χ1n) is 5.10. The van der Waals surface area contributed by atoms with Gasteiger partial charge in [-0.3, -0.25) is 0 Å². The molecule has 0 heterocycles. The molecule has 0 unspecified atom stereocenters. The van der Waals surface area contributed by atoms with E-state index in [1.54, 1.807) is 6.07 Å². The van der Waals surface area contributed by atoms with Crippen LogP contribution in [-0.4, -0.2) is 10.2 Å². The van der Waals surface area contributed by atoms with Crippen molar-refractivity contribution < 1.29 is 10.2 Å². The zero-order chi connectivity index (χ0) is 11.1. The molecule has 0 aromatic heterocycles. The first kappa shape index (κ1) is 9.04. The number of hydrogen-bond donors (Lipinski definition) is 2. The lowest BCUT2D eigenvalue weighted by molar-refractivity contribution is 0.408. The molecule has 0 aliphatic rings. The molecule has 78 valence electrons. The summed E-state index contributed by atoms with van der Waals surface area (Å²) in [4.78, 5) is 0. The van der Waals surface area contributed by atoms with Gasteiger partial charge in [-0.1, -0.05) is 42.5 Å². The van der Waals surface area contributed by atoms with Crippen LogP contribution in [0.4, 0.5) is 0 Å². The summed E-state index contributed by atoms with van der Waals surface area (Å²) >= 11 is 0. The van der Waals surface area contributed by atoms with Crippen molar-refractivity contribution in [1.29, 1.82) is 0 Å². The van der Waals surface area contributed by atoms with Gasteiger partial charge in [-0.05, 0) is 22.2 Å². The first-order valence-corrected chi connectivity index (χ1v) is 5.10. The molecule has 0 spiro atoms. The zero-order valence-corrected chi connectivity index (χ0v) is 8.51.